The van der Waals surface area contributed by atoms with Crippen LogP contribution in [0.4, 0.5) is 0 Å². The number of hydrogen-bond acceptors (Lipinski definition) is 2. The second kappa shape index (κ2) is 2.99. The molecule has 0 aliphatic carbocycles. The average Bonchev–Trinajstić information content (AvgIpc) is 2.53. The lowest BCUT2D eigenvalue weighted by molar-refractivity contribution is 0.572. The summed E-state index contributed by atoms with van der Waals surface area (Å²) >= 11 is 5.77. The van der Waals surface area contributed by atoms with Crippen LogP contribution in [-0.4, -0.2) is 4.98 Å². The molecule has 0 unspecified atom stereocenters. The van der Waals surface area contributed by atoms with Gasteiger partial charge >= 0.3 is 0 Å². The molecule has 2 nitrogen and oxygen atoms in total. The third kappa shape index (κ3) is 1.21. The quantitative estimate of drug-likeness (QED) is 0.673. The first-order valence-electron chi connectivity index (χ1n) is 3.52. The van der Waals surface area contributed by atoms with Gasteiger partial charge in [-0.3, -0.25) is 0 Å². The van der Waals surface area contributed by atoms with Gasteiger partial charge < -0.3 is 4.42 Å². The lowest BCUT2D eigenvalue weighted by Crippen LogP contribution is -1.72. The number of rotatable bonds is 1. The number of oxazole rings is 1. The molecule has 3 heteroatoms. The van der Waals surface area contributed by atoms with Crippen LogP contribution < -0.4 is 0 Å². The Morgan fingerprint density at radius 3 is 2.50 bits per heavy atom. The van der Waals surface area contributed by atoms with Gasteiger partial charge in [-0.2, -0.15) is 0 Å². The van der Waals surface area contributed by atoms with Gasteiger partial charge in [0.15, 0.2) is 17.3 Å². The first-order valence-corrected chi connectivity index (χ1v) is 3.90. The minimum atomic E-state index is 0.404. The van der Waals surface area contributed by atoms with Gasteiger partial charge in [0.05, 0.1) is 0 Å². The van der Waals surface area contributed by atoms with Gasteiger partial charge in [0.1, 0.15) is 0 Å². The molecule has 1 heterocycles. The highest BCUT2D eigenvalue weighted by Crippen LogP contribution is 2.25. The van der Waals surface area contributed by atoms with Crippen molar-refractivity contribution in [3.05, 3.63) is 41.9 Å². The third-order valence-corrected chi connectivity index (χ3v) is 1.83. The summed E-state index contributed by atoms with van der Waals surface area (Å²) in [7, 11) is 0. The molecule has 0 atom stereocenters. The van der Waals surface area contributed by atoms with Crippen LogP contribution in [0.2, 0.25) is 5.15 Å². The second-order valence-corrected chi connectivity index (χ2v) is 2.70. The Bertz CT molecular complexity index is 369. The average molecular weight is 180 g/mol. The van der Waals surface area contributed by atoms with Crippen LogP contribution in [0, 0.1) is 0 Å². The van der Waals surface area contributed by atoms with Crippen LogP contribution in [0.5, 0.6) is 0 Å². The molecule has 0 amide bonds. The number of halogens is 1. The zero-order valence-corrected chi connectivity index (χ0v) is 6.95. The van der Waals surface area contributed by atoms with E-state index < -0.39 is 0 Å². The first-order chi connectivity index (χ1) is 5.88. The summed E-state index contributed by atoms with van der Waals surface area (Å²) in [5.74, 6) is 0.622. The number of nitrogens with zero attached hydrogens (tertiary/aromatic N) is 1. The largest absolute Gasteiger partial charge is 0.442 e. The second-order valence-electron chi connectivity index (χ2n) is 2.34. The number of aromatic nitrogens is 1. The fourth-order valence-corrected chi connectivity index (χ4v) is 1.20. The van der Waals surface area contributed by atoms with Crippen LogP contribution in [0.1, 0.15) is 0 Å². The molecule has 2 aromatic rings. The van der Waals surface area contributed by atoms with E-state index >= 15 is 0 Å². The van der Waals surface area contributed by atoms with Gasteiger partial charge in [-0.05, 0) is 0 Å². The van der Waals surface area contributed by atoms with E-state index in [0.717, 1.165) is 5.56 Å². The Labute approximate surface area is 74.8 Å². The normalized spacial score (nSPS) is 10.1. The zero-order chi connectivity index (χ0) is 8.39. The van der Waals surface area contributed by atoms with E-state index in [1.54, 1.807) is 0 Å². The van der Waals surface area contributed by atoms with E-state index in [1.807, 2.05) is 30.3 Å². The third-order valence-electron chi connectivity index (χ3n) is 1.56. The lowest BCUT2D eigenvalue weighted by atomic mass is 10.2. The smallest absolute Gasteiger partial charge is 0.182 e. The maximum atomic E-state index is 5.77. The van der Waals surface area contributed by atoms with Crippen molar-refractivity contribution in [3.63, 3.8) is 0 Å². The van der Waals surface area contributed by atoms with Gasteiger partial charge in [0.25, 0.3) is 0 Å². The highest BCUT2D eigenvalue weighted by atomic mass is 35.5. The zero-order valence-electron chi connectivity index (χ0n) is 6.20. The lowest BCUT2D eigenvalue weighted by Gasteiger charge is -1.93. The minimum Gasteiger partial charge on any atom is -0.442 e. The van der Waals surface area contributed by atoms with E-state index in [1.165, 1.54) is 6.39 Å². The Morgan fingerprint density at radius 1 is 1.17 bits per heavy atom. The maximum absolute atomic E-state index is 5.77. The standard InChI is InChI=1S/C9H6ClNO/c10-9-8(12-6-11-9)7-4-2-1-3-5-7/h1-6H. The topological polar surface area (TPSA) is 26.0 Å². The molecular formula is C9H6ClNO. The molecule has 0 fully saturated rings. The molecular weight excluding hydrogens is 174 g/mol. The Kier molecular flexibility index (Phi) is 1.84. The van der Waals surface area contributed by atoms with Crippen molar-refractivity contribution in [2.45, 2.75) is 0 Å². The molecule has 0 bridgehead atoms. The minimum absolute atomic E-state index is 0.404. The predicted octanol–water partition coefficient (Wildman–Crippen LogP) is 3.00. The number of hydrogen-bond donors (Lipinski definition) is 0. The van der Waals surface area contributed by atoms with Crippen LogP contribution in [0.15, 0.2) is 41.1 Å². The van der Waals surface area contributed by atoms with Crippen LogP contribution in [-0.2, 0) is 0 Å². The molecule has 2 rings (SSSR count). The van der Waals surface area contributed by atoms with E-state index in [4.69, 9.17) is 16.0 Å². The molecule has 0 aliphatic rings. The van der Waals surface area contributed by atoms with Gasteiger partial charge in [-0.1, -0.05) is 41.9 Å². The monoisotopic (exact) mass is 179 g/mol. The van der Waals surface area contributed by atoms with Crippen molar-refractivity contribution in [2.75, 3.05) is 0 Å². The van der Waals surface area contributed by atoms with Gasteiger partial charge in [-0.25, -0.2) is 4.98 Å². The Balaban J connectivity index is 2.51. The fourth-order valence-electron chi connectivity index (χ4n) is 1.01. The van der Waals surface area contributed by atoms with Crippen molar-refractivity contribution in [1.29, 1.82) is 0 Å². The van der Waals surface area contributed by atoms with Gasteiger partial charge in [-0.15, -0.1) is 0 Å². The van der Waals surface area contributed by atoms with Crippen molar-refractivity contribution >= 4 is 11.6 Å². The molecule has 0 N–H and O–H groups in total. The molecule has 60 valence electrons. The summed E-state index contributed by atoms with van der Waals surface area (Å²) in [5.41, 5.74) is 0.944. The summed E-state index contributed by atoms with van der Waals surface area (Å²) in [4.78, 5) is 3.79. The number of benzene rings is 1. The highest BCUT2D eigenvalue weighted by Gasteiger charge is 2.06. The van der Waals surface area contributed by atoms with Crippen molar-refractivity contribution in [2.24, 2.45) is 0 Å². The van der Waals surface area contributed by atoms with Crippen LogP contribution in [0.25, 0.3) is 11.3 Å². The molecule has 12 heavy (non-hydrogen) atoms. The fraction of sp³-hybridized carbons (Fsp3) is 0. The first kappa shape index (κ1) is 7.37. The summed E-state index contributed by atoms with van der Waals surface area (Å²) in [6, 6.07) is 9.63. The summed E-state index contributed by atoms with van der Waals surface area (Å²) < 4.78 is 5.11. The van der Waals surface area contributed by atoms with E-state index in [-0.39, 0.29) is 0 Å². The maximum Gasteiger partial charge on any atom is 0.182 e. The summed E-state index contributed by atoms with van der Waals surface area (Å²) in [5, 5.41) is 0.404. The highest BCUT2D eigenvalue weighted by molar-refractivity contribution is 6.31. The molecule has 0 saturated heterocycles. The van der Waals surface area contributed by atoms with Crippen molar-refractivity contribution in [3.8, 4) is 11.3 Å². The van der Waals surface area contributed by atoms with Crippen LogP contribution in [0.3, 0.4) is 0 Å². The molecule has 0 aliphatic heterocycles. The van der Waals surface area contributed by atoms with Crippen molar-refractivity contribution in [1.82, 2.24) is 4.98 Å². The predicted molar refractivity (Wildman–Crippen MR) is 46.9 cm³/mol. The Hall–Kier alpha value is -1.28. The van der Waals surface area contributed by atoms with Crippen LogP contribution >= 0.6 is 11.6 Å². The summed E-state index contributed by atoms with van der Waals surface area (Å²) in [6.45, 7) is 0. The van der Waals surface area contributed by atoms with Gasteiger partial charge in [0, 0.05) is 5.56 Å². The molecule has 1 aromatic heterocycles. The van der Waals surface area contributed by atoms with Crippen molar-refractivity contribution < 1.29 is 4.42 Å². The molecule has 0 radical (unpaired) electrons. The molecule has 1 aromatic carbocycles. The van der Waals surface area contributed by atoms with E-state index in [9.17, 15) is 0 Å². The van der Waals surface area contributed by atoms with Gasteiger partial charge in [0.2, 0.25) is 0 Å². The SMILES string of the molecule is Clc1ncoc1-c1ccccc1. The van der Waals surface area contributed by atoms with E-state index in [0.29, 0.717) is 10.9 Å². The Morgan fingerprint density at radius 2 is 1.92 bits per heavy atom. The molecule has 0 spiro atoms. The summed E-state index contributed by atoms with van der Waals surface area (Å²) in [6.07, 6.45) is 1.34. The molecule has 0 saturated carbocycles. The van der Waals surface area contributed by atoms with E-state index in [2.05, 4.69) is 4.98 Å².